The van der Waals surface area contributed by atoms with Crippen molar-refractivity contribution in [1.82, 2.24) is 0 Å². The Morgan fingerprint density at radius 1 is 0.868 bits per heavy atom. The molecule has 206 valence electrons. The molecule has 1 N–H and O–H groups in total. The molecular weight excluding hydrogens is 464 g/mol. The molecular formula is C36H50O2. The number of fused-ring (bicyclic) bond motifs is 7. The summed E-state index contributed by atoms with van der Waals surface area (Å²) in [6, 6.07) is 7.63. The van der Waals surface area contributed by atoms with Crippen LogP contribution in [-0.2, 0) is 0 Å². The molecule has 0 bridgehead atoms. The molecule has 0 unspecified atom stereocenters. The lowest BCUT2D eigenvalue weighted by Gasteiger charge is -2.72. The Morgan fingerprint density at radius 3 is 2.24 bits per heavy atom. The SMILES string of the molecule is C=C[C@@H]1CC[C@]2(C)CC[C@]3(C)[C@H](CC[C@@H]4[C@@]5(C)CC=C(c6ccc(C(=O)O)cc6)C(C)(C)[C@@H]5CC[C@]43C)[C@@H]12. The van der Waals surface area contributed by atoms with E-state index in [9.17, 15) is 9.90 Å². The van der Waals surface area contributed by atoms with Crippen molar-refractivity contribution in [3.63, 3.8) is 0 Å². The molecule has 0 radical (unpaired) electrons. The zero-order valence-corrected chi connectivity index (χ0v) is 24.8. The van der Waals surface area contributed by atoms with E-state index < -0.39 is 5.97 Å². The molecule has 0 spiro atoms. The van der Waals surface area contributed by atoms with E-state index in [0.717, 1.165) is 24.2 Å². The summed E-state index contributed by atoms with van der Waals surface area (Å²) in [4.78, 5) is 11.4. The van der Waals surface area contributed by atoms with Gasteiger partial charge < -0.3 is 5.11 Å². The average molecular weight is 515 g/mol. The van der Waals surface area contributed by atoms with Crippen LogP contribution in [0.15, 0.2) is 43.0 Å². The molecule has 1 aromatic rings. The second kappa shape index (κ2) is 8.34. The van der Waals surface area contributed by atoms with E-state index in [4.69, 9.17) is 0 Å². The number of carboxylic acid groups (broad SMARTS) is 1. The molecule has 1 aromatic carbocycles. The fourth-order valence-electron chi connectivity index (χ4n) is 12.2. The maximum Gasteiger partial charge on any atom is 0.335 e. The molecule has 0 aromatic heterocycles. The van der Waals surface area contributed by atoms with Crippen molar-refractivity contribution in [2.75, 3.05) is 0 Å². The Labute approximate surface area is 231 Å². The highest BCUT2D eigenvalue weighted by molar-refractivity contribution is 5.88. The Kier molecular flexibility index (Phi) is 5.79. The van der Waals surface area contributed by atoms with Crippen LogP contribution < -0.4 is 0 Å². The van der Waals surface area contributed by atoms with Gasteiger partial charge in [-0.25, -0.2) is 4.79 Å². The predicted molar refractivity (Wildman–Crippen MR) is 157 cm³/mol. The predicted octanol–water partition coefficient (Wildman–Crippen LogP) is 9.67. The summed E-state index contributed by atoms with van der Waals surface area (Å²) in [6.07, 6.45) is 17.0. The lowest BCUT2D eigenvalue weighted by molar-refractivity contribution is -0.223. The van der Waals surface area contributed by atoms with Crippen LogP contribution in [0.4, 0.5) is 0 Å². The molecule has 5 aliphatic rings. The lowest BCUT2D eigenvalue weighted by Crippen LogP contribution is -2.65. The molecule has 0 saturated heterocycles. The summed E-state index contributed by atoms with van der Waals surface area (Å²) in [5, 5.41) is 9.39. The quantitative estimate of drug-likeness (QED) is 0.408. The molecule has 2 heteroatoms. The first-order chi connectivity index (χ1) is 17.8. The molecule has 6 rings (SSSR count). The lowest BCUT2D eigenvalue weighted by atomic mass is 9.32. The van der Waals surface area contributed by atoms with Crippen molar-refractivity contribution in [2.45, 2.75) is 99.3 Å². The van der Waals surface area contributed by atoms with E-state index >= 15 is 0 Å². The molecule has 0 aliphatic heterocycles. The topological polar surface area (TPSA) is 37.3 Å². The number of carbonyl (C=O) groups is 1. The molecule has 4 fully saturated rings. The Balaban J connectivity index is 1.36. The van der Waals surface area contributed by atoms with Gasteiger partial charge in [0.25, 0.3) is 0 Å². The molecule has 9 atom stereocenters. The number of rotatable bonds is 3. The Morgan fingerprint density at radius 2 is 1.58 bits per heavy atom. The standard InChI is InChI=1S/C36H50O2/c1-8-23-15-18-33(4)21-22-35(6)27(30(23)33)13-14-29-34(5)19-16-26(24-9-11-25(12-10-24)31(37)38)32(2,3)28(34)17-20-36(29,35)7/h8-12,16,23,27-30H,1,13-15,17-22H2,2-7H3,(H,37,38)/t23-,27-,28+,29-,30-,33-,34+,35-,36-/m1/s1. The number of hydrogen-bond acceptors (Lipinski definition) is 1. The van der Waals surface area contributed by atoms with Crippen molar-refractivity contribution < 1.29 is 9.90 Å². The third-order valence-electron chi connectivity index (χ3n) is 14.2. The third kappa shape index (κ3) is 3.27. The number of benzene rings is 1. The fourth-order valence-corrected chi connectivity index (χ4v) is 12.2. The van der Waals surface area contributed by atoms with E-state index in [-0.39, 0.29) is 5.41 Å². The fraction of sp³-hybridized carbons (Fsp3) is 0.694. The number of carboxylic acids is 1. The molecule has 2 nitrogen and oxygen atoms in total. The van der Waals surface area contributed by atoms with Gasteiger partial charge in [0, 0.05) is 0 Å². The third-order valence-corrected chi connectivity index (χ3v) is 14.2. The minimum absolute atomic E-state index is 0.0708. The van der Waals surface area contributed by atoms with Crippen molar-refractivity contribution in [3.8, 4) is 0 Å². The first-order valence-corrected chi connectivity index (χ1v) is 15.5. The van der Waals surface area contributed by atoms with Crippen LogP contribution in [0.3, 0.4) is 0 Å². The molecule has 0 heterocycles. The second-order valence-corrected chi connectivity index (χ2v) is 15.7. The maximum absolute atomic E-state index is 11.4. The largest absolute Gasteiger partial charge is 0.478 e. The zero-order valence-electron chi connectivity index (χ0n) is 24.8. The van der Waals surface area contributed by atoms with Gasteiger partial charge in [-0.1, -0.05) is 65.8 Å². The first-order valence-electron chi connectivity index (χ1n) is 15.5. The molecule has 38 heavy (non-hydrogen) atoms. The normalized spacial score (nSPS) is 47.1. The molecule has 4 saturated carbocycles. The van der Waals surface area contributed by atoms with Gasteiger partial charge in [0.2, 0.25) is 0 Å². The number of hydrogen-bond donors (Lipinski definition) is 1. The van der Waals surface area contributed by atoms with Gasteiger partial charge in [0.05, 0.1) is 5.56 Å². The van der Waals surface area contributed by atoms with Crippen LogP contribution >= 0.6 is 0 Å². The van der Waals surface area contributed by atoms with Crippen LogP contribution in [0.1, 0.15) is 115 Å². The highest BCUT2D eigenvalue weighted by atomic mass is 16.4. The van der Waals surface area contributed by atoms with Crippen LogP contribution in [-0.4, -0.2) is 11.1 Å². The van der Waals surface area contributed by atoms with E-state index in [0.29, 0.717) is 39.1 Å². The van der Waals surface area contributed by atoms with E-state index in [1.807, 2.05) is 12.1 Å². The summed E-state index contributed by atoms with van der Waals surface area (Å²) < 4.78 is 0. The van der Waals surface area contributed by atoms with Crippen molar-refractivity contribution in [1.29, 1.82) is 0 Å². The van der Waals surface area contributed by atoms with Crippen molar-refractivity contribution in [2.24, 2.45) is 56.7 Å². The summed E-state index contributed by atoms with van der Waals surface area (Å²) in [6.45, 7) is 20.0. The van der Waals surface area contributed by atoms with Gasteiger partial charge in [-0.05, 0) is 138 Å². The number of allylic oxidation sites excluding steroid dienone is 3. The minimum atomic E-state index is -0.850. The smallest absolute Gasteiger partial charge is 0.335 e. The summed E-state index contributed by atoms with van der Waals surface area (Å²) in [5.74, 6) is 2.93. The van der Waals surface area contributed by atoms with Gasteiger partial charge in [-0.15, -0.1) is 6.58 Å². The minimum Gasteiger partial charge on any atom is -0.478 e. The van der Waals surface area contributed by atoms with Gasteiger partial charge in [-0.2, -0.15) is 0 Å². The summed E-state index contributed by atoms with van der Waals surface area (Å²) in [5.41, 5.74) is 4.71. The van der Waals surface area contributed by atoms with Crippen molar-refractivity contribution >= 4 is 11.5 Å². The Hall–Kier alpha value is -1.83. The van der Waals surface area contributed by atoms with Gasteiger partial charge in [0.15, 0.2) is 0 Å². The highest BCUT2D eigenvalue weighted by Gasteiger charge is 2.69. The summed E-state index contributed by atoms with van der Waals surface area (Å²) >= 11 is 0. The first kappa shape index (κ1) is 26.4. The van der Waals surface area contributed by atoms with Crippen LogP contribution in [0.2, 0.25) is 0 Å². The average Bonchev–Trinajstić information content (AvgIpc) is 3.21. The van der Waals surface area contributed by atoms with E-state index in [2.05, 4.69) is 60.3 Å². The summed E-state index contributed by atoms with van der Waals surface area (Å²) in [7, 11) is 0. The van der Waals surface area contributed by atoms with E-state index in [1.165, 1.54) is 62.5 Å². The van der Waals surface area contributed by atoms with Gasteiger partial charge in [-0.3, -0.25) is 0 Å². The maximum atomic E-state index is 11.4. The molecule has 5 aliphatic carbocycles. The van der Waals surface area contributed by atoms with Gasteiger partial charge >= 0.3 is 5.97 Å². The van der Waals surface area contributed by atoms with Crippen LogP contribution in [0, 0.1) is 56.7 Å². The second-order valence-electron chi connectivity index (χ2n) is 15.7. The Bertz CT molecular complexity index is 1170. The molecule has 0 amide bonds. The highest BCUT2D eigenvalue weighted by Crippen LogP contribution is 2.77. The van der Waals surface area contributed by atoms with Crippen LogP contribution in [0.5, 0.6) is 0 Å². The van der Waals surface area contributed by atoms with E-state index in [1.54, 1.807) is 12.1 Å². The van der Waals surface area contributed by atoms with Crippen LogP contribution in [0.25, 0.3) is 5.57 Å². The van der Waals surface area contributed by atoms with Crippen molar-refractivity contribution in [3.05, 3.63) is 54.1 Å². The van der Waals surface area contributed by atoms with Gasteiger partial charge in [0.1, 0.15) is 0 Å². The monoisotopic (exact) mass is 514 g/mol. The number of aromatic carboxylic acids is 1. The zero-order chi connectivity index (χ0) is 27.3.